The van der Waals surface area contributed by atoms with Crippen molar-refractivity contribution in [1.82, 2.24) is 4.98 Å². The van der Waals surface area contributed by atoms with Crippen LogP contribution >= 0.6 is 0 Å². The van der Waals surface area contributed by atoms with Crippen LogP contribution in [0.1, 0.15) is 12.5 Å². The molecule has 0 aliphatic carbocycles. The first kappa shape index (κ1) is 9.09. The Balaban J connectivity index is 3.03. The van der Waals surface area contributed by atoms with Crippen molar-refractivity contribution in [3.05, 3.63) is 29.8 Å². The van der Waals surface area contributed by atoms with Gasteiger partial charge in [-0.05, 0) is 24.6 Å². The van der Waals surface area contributed by atoms with Gasteiger partial charge in [0.05, 0.1) is 12.1 Å². The van der Waals surface area contributed by atoms with Crippen LogP contribution in [0.15, 0.2) is 18.3 Å². The van der Waals surface area contributed by atoms with Crippen LogP contribution in [0.3, 0.4) is 0 Å². The monoisotopic (exact) mass is 170 g/mol. The predicted molar refractivity (Wildman–Crippen MR) is 42.8 cm³/mol. The molecular weight excluding hydrogens is 159 g/mol. The summed E-state index contributed by atoms with van der Waals surface area (Å²) in [5.74, 6) is -0.586. The van der Waals surface area contributed by atoms with Crippen molar-refractivity contribution in [2.45, 2.75) is 12.5 Å². The van der Waals surface area contributed by atoms with E-state index in [1.54, 1.807) is 13.0 Å². The first-order valence-corrected chi connectivity index (χ1v) is 3.58. The van der Waals surface area contributed by atoms with Gasteiger partial charge in [0.25, 0.3) is 0 Å². The van der Waals surface area contributed by atoms with Crippen LogP contribution in [0.5, 0.6) is 0 Å². The molecule has 0 bridgehead atoms. The Hall–Kier alpha value is -1.00. The molecule has 0 fully saturated rings. The molecule has 0 unspecified atom stereocenters. The quantitative estimate of drug-likeness (QED) is 0.631. The highest BCUT2D eigenvalue weighted by molar-refractivity contribution is 5.20. The third kappa shape index (κ3) is 1.78. The standard InChI is InChI=1S/C8H11FN2O/c1-8(10,5-12)6-2-3-11-7(9)4-6/h2-4,12H,5,10H2,1H3/t8-/m0/s1. The highest BCUT2D eigenvalue weighted by atomic mass is 19.1. The molecule has 1 heterocycles. The van der Waals surface area contributed by atoms with Gasteiger partial charge in [-0.2, -0.15) is 4.39 Å². The predicted octanol–water partition coefficient (Wildman–Crippen LogP) is 0.387. The van der Waals surface area contributed by atoms with E-state index >= 15 is 0 Å². The average molecular weight is 170 g/mol. The molecule has 4 heteroatoms. The SMILES string of the molecule is C[C@](N)(CO)c1ccnc(F)c1. The number of hydrogen-bond acceptors (Lipinski definition) is 3. The summed E-state index contributed by atoms with van der Waals surface area (Å²) in [5.41, 5.74) is 5.30. The molecule has 66 valence electrons. The van der Waals surface area contributed by atoms with Gasteiger partial charge in [0, 0.05) is 6.20 Å². The van der Waals surface area contributed by atoms with Crippen LogP contribution in [-0.2, 0) is 5.54 Å². The fourth-order valence-electron chi connectivity index (χ4n) is 0.849. The molecule has 0 amide bonds. The van der Waals surface area contributed by atoms with Crippen LogP contribution in [0.2, 0.25) is 0 Å². The molecule has 0 aromatic carbocycles. The topological polar surface area (TPSA) is 59.1 Å². The van der Waals surface area contributed by atoms with Crippen LogP contribution in [0.4, 0.5) is 4.39 Å². The summed E-state index contributed by atoms with van der Waals surface area (Å²) in [7, 11) is 0. The summed E-state index contributed by atoms with van der Waals surface area (Å²) in [6.45, 7) is 1.40. The Labute approximate surface area is 70.0 Å². The van der Waals surface area contributed by atoms with Gasteiger partial charge in [0.2, 0.25) is 5.95 Å². The molecule has 3 N–H and O–H groups in total. The molecule has 1 aromatic rings. The molecule has 0 spiro atoms. The van der Waals surface area contributed by atoms with Gasteiger partial charge < -0.3 is 10.8 Å². The van der Waals surface area contributed by atoms with E-state index in [2.05, 4.69) is 4.98 Å². The maximum absolute atomic E-state index is 12.6. The number of nitrogens with zero attached hydrogens (tertiary/aromatic N) is 1. The minimum Gasteiger partial charge on any atom is -0.394 e. The summed E-state index contributed by atoms with van der Waals surface area (Å²) in [6.07, 6.45) is 1.32. The van der Waals surface area contributed by atoms with Gasteiger partial charge in [0.15, 0.2) is 0 Å². The highest BCUT2D eigenvalue weighted by Crippen LogP contribution is 2.16. The number of aliphatic hydroxyl groups excluding tert-OH is 1. The second-order valence-corrected chi connectivity index (χ2v) is 2.94. The third-order valence-corrected chi connectivity index (χ3v) is 1.71. The lowest BCUT2D eigenvalue weighted by atomic mass is 9.95. The number of nitrogens with two attached hydrogens (primary N) is 1. The highest BCUT2D eigenvalue weighted by Gasteiger charge is 2.20. The second kappa shape index (κ2) is 3.16. The molecular formula is C8H11FN2O. The zero-order valence-electron chi connectivity index (χ0n) is 6.79. The van der Waals surface area contributed by atoms with Crippen molar-refractivity contribution in [3.63, 3.8) is 0 Å². The molecule has 0 aliphatic heterocycles. The van der Waals surface area contributed by atoms with Crippen molar-refractivity contribution in [3.8, 4) is 0 Å². The molecule has 0 saturated carbocycles. The van der Waals surface area contributed by atoms with Gasteiger partial charge in [0.1, 0.15) is 0 Å². The first-order valence-electron chi connectivity index (χ1n) is 3.58. The number of pyridine rings is 1. The molecule has 0 radical (unpaired) electrons. The average Bonchev–Trinajstić information content (AvgIpc) is 2.05. The summed E-state index contributed by atoms with van der Waals surface area (Å²) in [5, 5.41) is 8.87. The van der Waals surface area contributed by atoms with Crippen molar-refractivity contribution in [2.24, 2.45) is 5.73 Å². The van der Waals surface area contributed by atoms with Crippen molar-refractivity contribution in [2.75, 3.05) is 6.61 Å². The lowest BCUT2D eigenvalue weighted by Crippen LogP contribution is -2.37. The van der Waals surface area contributed by atoms with Gasteiger partial charge in [-0.15, -0.1) is 0 Å². The maximum Gasteiger partial charge on any atom is 0.213 e. The van der Waals surface area contributed by atoms with E-state index in [-0.39, 0.29) is 6.61 Å². The summed E-state index contributed by atoms with van der Waals surface area (Å²) in [6, 6.07) is 2.80. The molecule has 1 aromatic heterocycles. The van der Waals surface area contributed by atoms with Crippen LogP contribution in [-0.4, -0.2) is 16.7 Å². The number of rotatable bonds is 2. The summed E-state index contributed by atoms with van der Waals surface area (Å²) >= 11 is 0. The lowest BCUT2D eigenvalue weighted by molar-refractivity contribution is 0.209. The number of aliphatic hydroxyl groups is 1. The maximum atomic E-state index is 12.6. The van der Waals surface area contributed by atoms with Gasteiger partial charge in [-0.25, -0.2) is 4.98 Å². The van der Waals surface area contributed by atoms with Crippen LogP contribution in [0.25, 0.3) is 0 Å². The normalized spacial score (nSPS) is 15.7. The molecule has 0 aliphatic rings. The Bertz CT molecular complexity index is 276. The minimum atomic E-state index is -0.899. The Morgan fingerprint density at radius 2 is 2.42 bits per heavy atom. The smallest absolute Gasteiger partial charge is 0.213 e. The molecule has 1 atom stereocenters. The van der Waals surface area contributed by atoms with E-state index in [0.29, 0.717) is 5.56 Å². The zero-order chi connectivity index (χ0) is 9.19. The van der Waals surface area contributed by atoms with Crippen molar-refractivity contribution in [1.29, 1.82) is 0 Å². The molecule has 12 heavy (non-hydrogen) atoms. The zero-order valence-corrected chi connectivity index (χ0v) is 6.79. The lowest BCUT2D eigenvalue weighted by Gasteiger charge is -2.21. The van der Waals surface area contributed by atoms with E-state index in [0.717, 1.165) is 0 Å². The first-order chi connectivity index (χ1) is 5.56. The van der Waals surface area contributed by atoms with E-state index < -0.39 is 11.5 Å². The molecule has 3 nitrogen and oxygen atoms in total. The fourth-order valence-corrected chi connectivity index (χ4v) is 0.849. The van der Waals surface area contributed by atoms with Gasteiger partial charge in [-0.3, -0.25) is 0 Å². The largest absolute Gasteiger partial charge is 0.394 e. The van der Waals surface area contributed by atoms with Crippen LogP contribution in [0, 0.1) is 5.95 Å². The molecule has 0 saturated heterocycles. The Morgan fingerprint density at radius 1 is 1.75 bits per heavy atom. The van der Waals surface area contributed by atoms with Gasteiger partial charge >= 0.3 is 0 Å². The Kier molecular flexibility index (Phi) is 2.40. The Morgan fingerprint density at radius 3 is 2.92 bits per heavy atom. The second-order valence-electron chi connectivity index (χ2n) is 2.94. The van der Waals surface area contributed by atoms with Crippen molar-refractivity contribution < 1.29 is 9.50 Å². The van der Waals surface area contributed by atoms with Crippen molar-refractivity contribution >= 4 is 0 Å². The van der Waals surface area contributed by atoms with E-state index in [1.165, 1.54) is 12.3 Å². The third-order valence-electron chi connectivity index (χ3n) is 1.71. The summed E-state index contributed by atoms with van der Waals surface area (Å²) < 4.78 is 12.6. The van der Waals surface area contributed by atoms with E-state index in [9.17, 15) is 4.39 Å². The van der Waals surface area contributed by atoms with Gasteiger partial charge in [-0.1, -0.05) is 0 Å². The van der Waals surface area contributed by atoms with E-state index in [1.807, 2.05) is 0 Å². The van der Waals surface area contributed by atoms with E-state index in [4.69, 9.17) is 10.8 Å². The minimum absolute atomic E-state index is 0.226. The summed E-state index contributed by atoms with van der Waals surface area (Å²) in [4.78, 5) is 3.38. The fraction of sp³-hybridized carbons (Fsp3) is 0.375. The number of halogens is 1. The molecule has 1 rings (SSSR count). The number of aromatic nitrogens is 1. The van der Waals surface area contributed by atoms with Crippen LogP contribution < -0.4 is 5.73 Å². The number of hydrogen-bond donors (Lipinski definition) is 2.